The lowest BCUT2D eigenvalue weighted by atomic mass is 10.0. The van der Waals surface area contributed by atoms with Gasteiger partial charge in [0, 0.05) is 41.8 Å². The summed E-state index contributed by atoms with van der Waals surface area (Å²) in [4.78, 5) is 17.6. The number of hydrogen-bond acceptors (Lipinski definition) is 5. The summed E-state index contributed by atoms with van der Waals surface area (Å²) in [6.45, 7) is 3.97. The molecule has 0 aliphatic heterocycles. The summed E-state index contributed by atoms with van der Waals surface area (Å²) in [5, 5.41) is 0. The van der Waals surface area contributed by atoms with Gasteiger partial charge in [-0.25, -0.2) is 0 Å². The number of allylic oxidation sites excluding steroid dienone is 1. The Labute approximate surface area is 165 Å². The van der Waals surface area contributed by atoms with E-state index in [0.717, 1.165) is 39.7 Å². The van der Waals surface area contributed by atoms with Gasteiger partial charge in [0.1, 0.15) is 5.75 Å². The molecule has 0 aliphatic carbocycles. The molecule has 5 nitrogen and oxygen atoms in total. The van der Waals surface area contributed by atoms with Crippen molar-refractivity contribution in [3.05, 3.63) is 84.5 Å². The number of methoxy groups -OCH3 is 1. The van der Waals surface area contributed by atoms with E-state index in [4.69, 9.17) is 14.7 Å². The first-order chi connectivity index (χ1) is 13.7. The molecular formula is C23H22N4O. The molecule has 2 heterocycles. The molecule has 0 saturated carbocycles. The van der Waals surface area contributed by atoms with Crippen LogP contribution < -0.4 is 4.74 Å². The molecule has 0 radical (unpaired) electrons. The summed E-state index contributed by atoms with van der Waals surface area (Å²) in [5.41, 5.74) is 5.45. The van der Waals surface area contributed by atoms with Crippen molar-refractivity contribution in [2.75, 3.05) is 7.11 Å². The van der Waals surface area contributed by atoms with Crippen LogP contribution in [0.1, 0.15) is 19.4 Å². The maximum absolute atomic E-state index is 5.25. The van der Waals surface area contributed by atoms with E-state index >= 15 is 0 Å². The fraction of sp³-hybridized carbons (Fsp3) is 0.130. The van der Waals surface area contributed by atoms with E-state index in [2.05, 4.69) is 16.0 Å². The van der Waals surface area contributed by atoms with Crippen molar-refractivity contribution >= 4 is 28.9 Å². The number of aliphatic imine (C=N–C) groups is 2. The molecular weight excluding hydrogens is 348 g/mol. The lowest BCUT2D eigenvalue weighted by Gasteiger charge is -2.09. The highest BCUT2D eigenvalue weighted by atomic mass is 16.5. The molecule has 3 aromatic rings. The third-order valence-corrected chi connectivity index (χ3v) is 4.13. The van der Waals surface area contributed by atoms with Gasteiger partial charge in [0.15, 0.2) is 0 Å². The van der Waals surface area contributed by atoms with Crippen molar-refractivity contribution in [1.82, 2.24) is 9.97 Å². The topological polar surface area (TPSA) is 59.7 Å². The minimum absolute atomic E-state index is 0.822. The van der Waals surface area contributed by atoms with Crippen molar-refractivity contribution in [2.45, 2.75) is 13.8 Å². The highest BCUT2D eigenvalue weighted by Crippen LogP contribution is 2.20. The molecule has 140 valence electrons. The average Bonchev–Trinajstić information content (AvgIpc) is 2.73. The number of pyridine rings is 2. The third-order valence-electron chi connectivity index (χ3n) is 4.13. The summed E-state index contributed by atoms with van der Waals surface area (Å²) in [6.07, 6.45) is 9.01. The highest BCUT2D eigenvalue weighted by Gasteiger charge is 2.08. The highest BCUT2D eigenvalue weighted by molar-refractivity contribution is 6.26. The minimum Gasteiger partial charge on any atom is -0.497 e. The van der Waals surface area contributed by atoms with Gasteiger partial charge in [-0.3, -0.25) is 20.0 Å². The van der Waals surface area contributed by atoms with Crippen LogP contribution in [0.2, 0.25) is 0 Å². The molecule has 0 spiro atoms. The molecule has 2 aromatic heterocycles. The Kier molecular flexibility index (Phi) is 6.41. The number of hydrogen-bond donors (Lipinski definition) is 0. The van der Waals surface area contributed by atoms with E-state index in [1.54, 1.807) is 31.9 Å². The summed E-state index contributed by atoms with van der Waals surface area (Å²) in [7, 11) is 1.66. The van der Waals surface area contributed by atoms with E-state index in [-0.39, 0.29) is 0 Å². The van der Waals surface area contributed by atoms with Crippen LogP contribution in [0.25, 0.3) is 6.08 Å². The second-order valence-electron chi connectivity index (χ2n) is 6.14. The van der Waals surface area contributed by atoms with E-state index < -0.39 is 0 Å². The van der Waals surface area contributed by atoms with Crippen LogP contribution in [0, 0.1) is 0 Å². The van der Waals surface area contributed by atoms with Crippen molar-refractivity contribution in [3.63, 3.8) is 0 Å². The fourth-order valence-electron chi connectivity index (χ4n) is 2.68. The zero-order chi connectivity index (χ0) is 19.8. The zero-order valence-electron chi connectivity index (χ0n) is 16.2. The normalized spacial score (nSPS) is 12.8. The second-order valence-corrected chi connectivity index (χ2v) is 6.14. The molecule has 0 saturated heterocycles. The quantitative estimate of drug-likeness (QED) is 0.542. The Morgan fingerprint density at radius 2 is 1.21 bits per heavy atom. The van der Waals surface area contributed by atoms with Crippen LogP contribution in [-0.4, -0.2) is 28.5 Å². The predicted octanol–water partition coefficient (Wildman–Crippen LogP) is 5.45. The molecule has 0 amide bonds. The summed E-state index contributed by atoms with van der Waals surface area (Å²) >= 11 is 0. The smallest absolute Gasteiger partial charge is 0.118 e. The number of nitrogens with zero attached hydrogens (tertiary/aromatic N) is 4. The number of benzene rings is 1. The fourth-order valence-corrected chi connectivity index (χ4v) is 2.68. The van der Waals surface area contributed by atoms with Gasteiger partial charge in [-0.05, 0) is 61.9 Å². The van der Waals surface area contributed by atoms with Gasteiger partial charge in [0.05, 0.1) is 18.5 Å². The van der Waals surface area contributed by atoms with Crippen LogP contribution in [0.15, 0.2) is 88.9 Å². The molecule has 1 aromatic carbocycles. The molecule has 0 aliphatic rings. The number of aromatic nitrogens is 2. The summed E-state index contributed by atoms with van der Waals surface area (Å²) in [6, 6.07) is 15.4. The van der Waals surface area contributed by atoms with E-state index in [1.165, 1.54) is 0 Å². The molecule has 0 bridgehead atoms. The van der Waals surface area contributed by atoms with Crippen LogP contribution in [0.5, 0.6) is 5.75 Å². The number of ether oxygens (including phenoxy) is 1. The van der Waals surface area contributed by atoms with Crippen molar-refractivity contribution in [1.29, 1.82) is 0 Å². The first kappa shape index (κ1) is 19.2. The summed E-state index contributed by atoms with van der Waals surface area (Å²) < 4.78 is 5.25. The van der Waals surface area contributed by atoms with Gasteiger partial charge in [-0.2, -0.15) is 0 Å². The van der Waals surface area contributed by atoms with E-state index in [9.17, 15) is 0 Å². The lowest BCUT2D eigenvalue weighted by Crippen LogP contribution is -2.07. The largest absolute Gasteiger partial charge is 0.497 e. The monoisotopic (exact) mass is 370 g/mol. The second kappa shape index (κ2) is 9.37. The maximum Gasteiger partial charge on any atom is 0.118 e. The van der Waals surface area contributed by atoms with Gasteiger partial charge < -0.3 is 4.74 Å². The van der Waals surface area contributed by atoms with Crippen molar-refractivity contribution in [3.8, 4) is 5.75 Å². The predicted molar refractivity (Wildman–Crippen MR) is 115 cm³/mol. The Balaban J connectivity index is 2.03. The standard InChI is InChI=1S/C23H22N4O/c1-17(26-20-8-12-24-13-9-20)23(16-19-4-6-22(28-3)7-5-19)18(2)27-21-10-14-25-15-11-21/h4-16H,1-3H3/b23-16-,26-17+,27-18-. The van der Waals surface area contributed by atoms with Crippen molar-refractivity contribution < 1.29 is 4.74 Å². The van der Waals surface area contributed by atoms with Gasteiger partial charge in [-0.15, -0.1) is 0 Å². The molecule has 0 atom stereocenters. The maximum atomic E-state index is 5.25. The van der Waals surface area contributed by atoms with Gasteiger partial charge in [-0.1, -0.05) is 12.1 Å². The third kappa shape index (κ3) is 5.20. The van der Waals surface area contributed by atoms with E-state index in [1.807, 2.05) is 62.4 Å². The van der Waals surface area contributed by atoms with Crippen LogP contribution in [0.3, 0.4) is 0 Å². The first-order valence-electron chi connectivity index (χ1n) is 8.93. The van der Waals surface area contributed by atoms with Crippen molar-refractivity contribution in [2.24, 2.45) is 9.98 Å². The molecule has 5 heteroatoms. The molecule has 28 heavy (non-hydrogen) atoms. The van der Waals surface area contributed by atoms with Crippen LogP contribution >= 0.6 is 0 Å². The summed E-state index contributed by atoms with van der Waals surface area (Å²) in [5.74, 6) is 0.822. The molecule has 0 fully saturated rings. The Bertz CT molecular complexity index is 934. The lowest BCUT2D eigenvalue weighted by molar-refractivity contribution is 0.415. The molecule has 0 N–H and O–H groups in total. The molecule has 3 rings (SSSR count). The minimum atomic E-state index is 0.822. The van der Waals surface area contributed by atoms with Crippen LogP contribution in [-0.2, 0) is 0 Å². The molecule has 0 unspecified atom stereocenters. The van der Waals surface area contributed by atoms with Crippen LogP contribution in [0.4, 0.5) is 11.4 Å². The number of rotatable bonds is 6. The van der Waals surface area contributed by atoms with Gasteiger partial charge >= 0.3 is 0 Å². The Hall–Kier alpha value is -3.60. The SMILES string of the molecule is COc1ccc(/C=C(C(\C)=N/c2ccncc2)/C(C)=N/c2ccncc2)cc1. The average molecular weight is 370 g/mol. The van der Waals surface area contributed by atoms with E-state index in [0.29, 0.717) is 0 Å². The zero-order valence-corrected chi connectivity index (χ0v) is 16.2. The Morgan fingerprint density at radius 1 is 0.750 bits per heavy atom. The van der Waals surface area contributed by atoms with Gasteiger partial charge in [0.2, 0.25) is 0 Å². The first-order valence-corrected chi connectivity index (χ1v) is 8.93. The Morgan fingerprint density at radius 3 is 1.64 bits per heavy atom. The van der Waals surface area contributed by atoms with Gasteiger partial charge in [0.25, 0.3) is 0 Å².